The van der Waals surface area contributed by atoms with Crippen molar-refractivity contribution in [2.24, 2.45) is 5.92 Å². The van der Waals surface area contributed by atoms with E-state index >= 15 is 0 Å². The number of nitrogens with zero attached hydrogens (tertiary/aromatic N) is 2. The Morgan fingerprint density at radius 1 is 1.21 bits per heavy atom. The van der Waals surface area contributed by atoms with Gasteiger partial charge in [0.15, 0.2) is 0 Å². The number of hydrogen-bond donors (Lipinski definition) is 0. The molecule has 1 unspecified atom stereocenters. The van der Waals surface area contributed by atoms with Crippen LogP contribution in [0.25, 0.3) is 0 Å². The summed E-state index contributed by atoms with van der Waals surface area (Å²) in [7, 11) is 2.01. The first-order valence-electron chi connectivity index (χ1n) is 10.7. The third-order valence-electron chi connectivity index (χ3n) is 6.03. The summed E-state index contributed by atoms with van der Waals surface area (Å²) in [5, 5.41) is 0. The predicted molar refractivity (Wildman–Crippen MR) is 119 cm³/mol. The number of aryl methyl sites for hydroxylation is 1. The van der Waals surface area contributed by atoms with E-state index in [0.29, 0.717) is 12.0 Å². The van der Waals surface area contributed by atoms with Crippen molar-refractivity contribution < 1.29 is 8.78 Å². The molecule has 3 rings (SSSR count). The van der Waals surface area contributed by atoms with E-state index in [9.17, 15) is 8.78 Å². The number of halogens is 2. The van der Waals surface area contributed by atoms with Crippen LogP contribution in [0.15, 0.2) is 54.9 Å². The van der Waals surface area contributed by atoms with Crippen LogP contribution in [-0.2, 0) is 6.42 Å². The van der Waals surface area contributed by atoms with Gasteiger partial charge in [0, 0.05) is 25.4 Å². The zero-order valence-corrected chi connectivity index (χ0v) is 18.3. The summed E-state index contributed by atoms with van der Waals surface area (Å²) in [5.74, 6) is -0.163. The molecule has 0 amide bonds. The lowest BCUT2D eigenvalue weighted by molar-refractivity contribution is 0.118. The van der Waals surface area contributed by atoms with Crippen molar-refractivity contribution >= 4 is 0 Å². The highest BCUT2D eigenvalue weighted by atomic mass is 19.1. The molecule has 1 aliphatic heterocycles. The number of likely N-dealkylation sites (tertiary alicyclic amines) is 1. The highest BCUT2D eigenvalue weighted by molar-refractivity contribution is 5.26. The molecule has 1 saturated heterocycles. The second-order valence-electron chi connectivity index (χ2n) is 8.32. The molecule has 2 nitrogen and oxygen atoms in total. The van der Waals surface area contributed by atoms with Gasteiger partial charge in [-0.05, 0) is 93.9 Å². The predicted octanol–water partition coefficient (Wildman–Crippen LogP) is 6.31. The first kappa shape index (κ1) is 23.3. The molecule has 29 heavy (non-hydrogen) atoms. The Kier molecular flexibility index (Phi) is 9.09. The lowest BCUT2D eigenvalue weighted by Gasteiger charge is -2.36. The Hall–Kier alpha value is -1.94. The second-order valence-corrected chi connectivity index (χ2v) is 8.32. The average molecular weight is 403 g/mol. The van der Waals surface area contributed by atoms with Crippen molar-refractivity contribution in [3.63, 3.8) is 0 Å². The molecule has 0 N–H and O–H groups in total. The topological polar surface area (TPSA) is 6.48 Å². The maximum absolute atomic E-state index is 12.4. The van der Waals surface area contributed by atoms with E-state index in [-0.39, 0.29) is 0 Å². The Labute approximate surface area is 175 Å². The average Bonchev–Trinajstić information content (AvgIpc) is 3.07. The minimum Gasteiger partial charge on any atom is -0.358 e. The van der Waals surface area contributed by atoms with Crippen LogP contribution in [0.5, 0.6) is 0 Å². The molecule has 4 heteroatoms. The van der Waals surface area contributed by atoms with Crippen LogP contribution in [-0.4, -0.2) is 36.0 Å². The molecule has 2 aliphatic rings. The molecule has 0 radical (unpaired) electrons. The van der Waals surface area contributed by atoms with Crippen LogP contribution in [0.4, 0.5) is 8.78 Å². The van der Waals surface area contributed by atoms with Gasteiger partial charge in [-0.1, -0.05) is 25.7 Å². The monoisotopic (exact) mass is 402 g/mol. The molecular weight excluding hydrogens is 366 g/mol. The number of benzene rings is 1. The summed E-state index contributed by atoms with van der Waals surface area (Å²) in [6.45, 7) is 14.7. The smallest absolute Gasteiger partial charge is 0.126 e. The van der Waals surface area contributed by atoms with Crippen LogP contribution in [0, 0.1) is 17.6 Å². The lowest BCUT2D eigenvalue weighted by Crippen LogP contribution is -2.43. The van der Waals surface area contributed by atoms with Crippen molar-refractivity contribution in [3.05, 3.63) is 72.1 Å². The van der Waals surface area contributed by atoms with Gasteiger partial charge in [-0.3, -0.25) is 0 Å². The van der Waals surface area contributed by atoms with E-state index in [1.54, 1.807) is 0 Å². The van der Waals surface area contributed by atoms with Gasteiger partial charge in [0.1, 0.15) is 11.6 Å². The number of rotatable bonds is 7. The Balaban J connectivity index is 0.000000253. The van der Waals surface area contributed by atoms with Gasteiger partial charge in [-0.15, -0.1) is 0 Å². The van der Waals surface area contributed by atoms with E-state index in [0.717, 1.165) is 24.4 Å². The summed E-state index contributed by atoms with van der Waals surface area (Å²) >= 11 is 0. The van der Waals surface area contributed by atoms with E-state index in [1.807, 2.05) is 25.1 Å². The van der Waals surface area contributed by atoms with Crippen LogP contribution in [0.1, 0.15) is 51.5 Å². The quantitative estimate of drug-likeness (QED) is 0.493. The maximum Gasteiger partial charge on any atom is 0.126 e. The maximum atomic E-state index is 12.4. The molecule has 0 spiro atoms. The zero-order chi connectivity index (χ0) is 21.4. The van der Waals surface area contributed by atoms with Crippen molar-refractivity contribution in [2.45, 2.75) is 58.4 Å². The van der Waals surface area contributed by atoms with Gasteiger partial charge in [0.25, 0.3) is 0 Å². The van der Waals surface area contributed by atoms with Crippen molar-refractivity contribution in [3.8, 4) is 0 Å². The molecule has 160 valence electrons. The molecular formula is C25H36F2N2. The zero-order valence-electron chi connectivity index (χ0n) is 18.3. The first-order valence-corrected chi connectivity index (χ1v) is 10.7. The van der Waals surface area contributed by atoms with Gasteiger partial charge in [0.05, 0.1) is 0 Å². The largest absolute Gasteiger partial charge is 0.358 e. The van der Waals surface area contributed by atoms with E-state index in [4.69, 9.17) is 0 Å². The molecule has 2 atom stereocenters. The van der Waals surface area contributed by atoms with Crippen molar-refractivity contribution in [2.75, 3.05) is 20.1 Å². The van der Waals surface area contributed by atoms with E-state index < -0.39 is 11.6 Å². The van der Waals surface area contributed by atoms with E-state index in [2.05, 4.69) is 31.2 Å². The molecule has 1 aromatic rings. The van der Waals surface area contributed by atoms with Crippen LogP contribution >= 0.6 is 0 Å². The molecule has 1 aromatic carbocycles. The highest BCUT2D eigenvalue weighted by Crippen LogP contribution is 2.36. The van der Waals surface area contributed by atoms with Gasteiger partial charge in [-0.2, -0.15) is 0 Å². The van der Waals surface area contributed by atoms with Crippen LogP contribution < -0.4 is 0 Å². The SMILES string of the molecule is C=CN(C)/C=C(\C)C(=C)C[C@@H]1CCC(N2CCC2)C1.CCc1cc(F)cc(F)c1. The van der Waals surface area contributed by atoms with Crippen LogP contribution in [0.3, 0.4) is 0 Å². The molecule has 1 heterocycles. The summed E-state index contributed by atoms with van der Waals surface area (Å²) < 4.78 is 24.8. The van der Waals surface area contributed by atoms with Crippen molar-refractivity contribution in [1.82, 2.24) is 9.80 Å². The molecule has 2 fully saturated rings. The Morgan fingerprint density at radius 2 is 1.86 bits per heavy atom. The fourth-order valence-corrected chi connectivity index (χ4v) is 4.05. The Bertz CT molecular complexity index is 701. The summed E-state index contributed by atoms with van der Waals surface area (Å²) in [6.07, 6.45) is 11.3. The molecule has 0 aromatic heterocycles. The van der Waals surface area contributed by atoms with Crippen molar-refractivity contribution in [1.29, 1.82) is 0 Å². The second kappa shape index (κ2) is 11.3. The van der Waals surface area contributed by atoms with Gasteiger partial charge < -0.3 is 9.80 Å². The highest BCUT2D eigenvalue weighted by Gasteiger charge is 2.31. The lowest BCUT2D eigenvalue weighted by atomic mass is 9.94. The summed E-state index contributed by atoms with van der Waals surface area (Å²) in [4.78, 5) is 4.66. The molecule has 1 saturated carbocycles. The van der Waals surface area contributed by atoms with Gasteiger partial charge in [0.2, 0.25) is 0 Å². The molecule has 1 aliphatic carbocycles. The van der Waals surface area contributed by atoms with E-state index in [1.165, 1.54) is 62.1 Å². The number of allylic oxidation sites excluding steroid dienone is 2. The standard InChI is InChI=1S/C17H28N2.C8H8F2/c1-5-18(4)13-15(3)14(2)11-16-7-8-17(12-16)19-9-6-10-19;1-2-6-3-7(9)5-8(10)4-6/h5,13,16-17H,1-2,6-12H2,3-4H3;3-5H,2H2,1H3/b15-13+;/t16-,17?;/m0./s1. The summed E-state index contributed by atoms with van der Waals surface area (Å²) in [6, 6.07) is 4.41. The van der Waals surface area contributed by atoms with Crippen LogP contribution in [0.2, 0.25) is 0 Å². The fourth-order valence-electron chi connectivity index (χ4n) is 4.05. The van der Waals surface area contributed by atoms with Gasteiger partial charge >= 0.3 is 0 Å². The third-order valence-corrected chi connectivity index (χ3v) is 6.03. The molecule has 0 bridgehead atoms. The third kappa shape index (κ3) is 7.43. The Morgan fingerprint density at radius 3 is 2.38 bits per heavy atom. The number of hydrogen-bond acceptors (Lipinski definition) is 2. The van der Waals surface area contributed by atoms with Gasteiger partial charge in [-0.25, -0.2) is 8.78 Å². The summed E-state index contributed by atoms with van der Waals surface area (Å²) in [5.41, 5.74) is 3.27. The fraction of sp³-hybridized carbons (Fsp3) is 0.520. The first-order chi connectivity index (χ1) is 13.8. The minimum absolute atomic E-state index is 0.503. The minimum atomic E-state index is -0.503. The normalized spacial score (nSPS) is 21.8.